The topological polar surface area (TPSA) is 65.5 Å². The second-order valence-electron chi connectivity index (χ2n) is 4.97. The Hall–Kier alpha value is -1.92. The van der Waals surface area contributed by atoms with Crippen LogP contribution in [0.3, 0.4) is 0 Å². The normalized spacial score (nSPS) is 14.0. The highest BCUT2D eigenvalue weighted by Gasteiger charge is 2.32. The lowest BCUT2D eigenvalue weighted by molar-refractivity contribution is 0.185. The molecule has 0 spiro atoms. The van der Waals surface area contributed by atoms with Gasteiger partial charge >= 0.3 is 6.03 Å². The zero-order chi connectivity index (χ0) is 14.7. The number of aliphatic hydroxyl groups excluding tert-OH is 1. The lowest BCUT2D eigenvalue weighted by Gasteiger charge is -2.20. The van der Waals surface area contributed by atoms with Gasteiger partial charge in [-0.05, 0) is 18.4 Å². The molecule has 1 aromatic carbocycles. The highest BCUT2D eigenvalue weighted by molar-refractivity contribution is 7.19. The molecule has 1 aliphatic rings. The van der Waals surface area contributed by atoms with Gasteiger partial charge in [-0.2, -0.15) is 0 Å². The molecular formula is C15H17N3O2S. The van der Waals surface area contributed by atoms with E-state index >= 15 is 0 Å². The first-order valence-corrected chi connectivity index (χ1v) is 7.79. The van der Waals surface area contributed by atoms with Gasteiger partial charge in [0.15, 0.2) is 5.13 Å². The predicted octanol–water partition coefficient (Wildman–Crippen LogP) is 2.80. The fraction of sp³-hybridized carbons (Fsp3) is 0.333. The van der Waals surface area contributed by atoms with E-state index in [9.17, 15) is 4.79 Å². The Morgan fingerprint density at radius 3 is 2.81 bits per heavy atom. The van der Waals surface area contributed by atoms with E-state index in [1.54, 1.807) is 11.1 Å². The van der Waals surface area contributed by atoms with Gasteiger partial charge in [0.2, 0.25) is 0 Å². The maximum atomic E-state index is 12.2. The SMILES string of the molecule is O=C(Nc1ncc(-c2ccccc2)s1)N(CCO)C1CC1. The Balaban J connectivity index is 1.68. The highest BCUT2D eigenvalue weighted by atomic mass is 32.1. The molecule has 5 nitrogen and oxygen atoms in total. The fourth-order valence-electron chi connectivity index (χ4n) is 2.17. The first kappa shape index (κ1) is 14.0. The van der Waals surface area contributed by atoms with Gasteiger partial charge in [0, 0.05) is 18.8 Å². The standard InChI is InChI=1S/C15H17N3O2S/c19-9-8-18(12-6-7-12)15(20)17-14-16-10-13(21-14)11-4-2-1-3-5-11/h1-5,10,12,19H,6-9H2,(H,16,17,20). The second-order valence-corrected chi connectivity index (χ2v) is 6.00. The number of urea groups is 1. The van der Waals surface area contributed by atoms with Crippen LogP contribution in [0.1, 0.15) is 12.8 Å². The van der Waals surface area contributed by atoms with Crippen LogP contribution in [-0.2, 0) is 0 Å². The Morgan fingerprint density at radius 1 is 1.38 bits per heavy atom. The minimum Gasteiger partial charge on any atom is -0.395 e. The van der Waals surface area contributed by atoms with Crippen LogP contribution in [0.25, 0.3) is 10.4 Å². The maximum absolute atomic E-state index is 12.2. The third-order valence-electron chi connectivity index (χ3n) is 3.37. The van der Waals surface area contributed by atoms with Gasteiger partial charge in [-0.3, -0.25) is 5.32 Å². The number of nitrogens with one attached hydrogen (secondary N) is 1. The molecule has 1 aromatic heterocycles. The number of nitrogens with zero attached hydrogens (tertiary/aromatic N) is 2. The minimum atomic E-state index is -0.180. The molecular weight excluding hydrogens is 286 g/mol. The summed E-state index contributed by atoms with van der Waals surface area (Å²) in [6.45, 7) is 0.352. The molecule has 0 unspecified atom stereocenters. The Kier molecular flexibility index (Phi) is 4.17. The molecule has 1 fully saturated rings. The number of amides is 2. The predicted molar refractivity (Wildman–Crippen MR) is 83.4 cm³/mol. The molecule has 6 heteroatoms. The molecule has 1 saturated carbocycles. The number of aromatic nitrogens is 1. The summed E-state index contributed by atoms with van der Waals surface area (Å²) in [5.41, 5.74) is 1.09. The van der Waals surface area contributed by atoms with E-state index in [4.69, 9.17) is 5.11 Å². The summed E-state index contributed by atoms with van der Waals surface area (Å²) >= 11 is 1.45. The fourth-order valence-corrected chi connectivity index (χ4v) is 2.99. The number of carbonyl (C=O) groups is 1. The minimum absolute atomic E-state index is 0.0168. The zero-order valence-corrected chi connectivity index (χ0v) is 12.3. The van der Waals surface area contributed by atoms with Crippen molar-refractivity contribution in [2.75, 3.05) is 18.5 Å². The van der Waals surface area contributed by atoms with E-state index in [-0.39, 0.29) is 18.7 Å². The number of carbonyl (C=O) groups excluding carboxylic acids is 1. The van der Waals surface area contributed by atoms with E-state index in [1.807, 2.05) is 30.3 Å². The summed E-state index contributed by atoms with van der Waals surface area (Å²) in [5, 5.41) is 12.5. The molecule has 1 aliphatic carbocycles. The molecule has 110 valence electrons. The zero-order valence-electron chi connectivity index (χ0n) is 11.5. The molecule has 3 rings (SSSR count). The molecule has 0 saturated heterocycles. The van der Waals surface area contributed by atoms with Gasteiger partial charge in [0.05, 0.1) is 11.5 Å². The van der Waals surface area contributed by atoms with E-state index in [1.165, 1.54) is 11.3 Å². The lowest BCUT2D eigenvalue weighted by Crippen LogP contribution is -2.38. The van der Waals surface area contributed by atoms with Crippen LogP contribution >= 0.6 is 11.3 Å². The van der Waals surface area contributed by atoms with Crippen LogP contribution in [0.2, 0.25) is 0 Å². The number of hydrogen-bond acceptors (Lipinski definition) is 4. The summed E-state index contributed by atoms with van der Waals surface area (Å²) in [7, 11) is 0. The molecule has 0 radical (unpaired) electrons. The van der Waals surface area contributed by atoms with Crippen LogP contribution in [0.5, 0.6) is 0 Å². The van der Waals surface area contributed by atoms with E-state index in [0.29, 0.717) is 11.7 Å². The lowest BCUT2D eigenvalue weighted by atomic mass is 10.2. The Labute approximate surface area is 127 Å². The van der Waals surface area contributed by atoms with Gasteiger partial charge in [-0.25, -0.2) is 9.78 Å². The molecule has 21 heavy (non-hydrogen) atoms. The van der Waals surface area contributed by atoms with Crippen molar-refractivity contribution < 1.29 is 9.90 Å². The smallest absolute Gasteiger partial charge is 0.323 e. The van der Waals surface area contributed by atoms with Crippen molar-refractivity contribution in [3.05, 3.63) is 36.5 Å². The van der Waals surface area contributed by atoms with Gasteiger partial charge in [-0.1, -0.05) is 41.7 Å². The molecule has 2 aromatic rings. The molecule has 0 atom stereocenters. The van der Waals surface area contributed by atoms with Gasteiger partial charge in [0.25, 0.3) is 0 Å². The van der Waals surface area contributed by atoms with Crippen molar-refractivity contribution in [2.24, 2.45) is 0 Å². The van der Waals surface area contributed by atoms with Crippen molar-refractivity contribution in [3.8, 4) is 10.4 Å². The monoisotopic (exact) mass is 303 g/mol. The Morgan fingerprint density at radius 2 is 2.14 bits per heavy atom. The van der Waals surface area contributed by atoms with E-state index in [0.717, 1.165) is 23.3 Å². The maximum Gasteiger partial charge on any atom is 0.323 e. The average Bonchev–Trinajstić information content (AvgIpc) is 3.24. The van der Waals surface area contributed by atoms with Crippen molar-refractivity contribution in [1.82, 2.24) is 9.88 Å². The largest absolute Gasteiger partial charge is 0.395 e. The average molecular weight is 303 g/mol. The van der Waals surface area contributed by atoms with Gasteiger partial charge in [0.1, 0.15) is 0 Å². The quantitative estimate of drug-likeness (QED) is 0.892. The van der Waals surface area contributed by atoms with Crippen molar-refractivity contribution >= 4 is 22.5 Å². The molecule has 2 N–H and O–H groups in total. The van der Waals surface area contributed by atoms with E-state index in [2.05, 4.69) is 10.3 Å². The summed E-state index contributed by atoms with van der Waals surface area (Å²) < 4.78 is 0. The van der Waals surface area contributed by atoms with Gasteiger partial charge < -0.3 is 10.0 Å². The van der Waals surface area contributed by atoms with Crippen molar-refractivity contribution in [2.45, 2.75) is 18.9 Å². The number of thiazole rings is 1. The third kappa shape index (κ3) is 3.40. The number of hydrogen-bond donors (Lipinski definition) is 2. The molecule has 2 amide bonds. The number of anilines is 1. The van der Waals surface area contributed by atoms with E-state index < -0.39 is 0 Å². The van der Waals surface area contributed by atoms with Crippen LogP contribution in [0.4, 0.5) is 9.93 Å². The van der Waals surface area contributed by atoms with Crippen LogP contribution in [0, 0.1) is 0 Å². The number of aliphatic hydroxyl groups is 1. The first-order chi connectivity index (χ1) is 10.3. The molecule has 0 bridgehead atoms. The van der Waals surface area contributed by atoms with Gasteiger partial charge in [-0.15, -0.1) is 0 Å². The molecule has 1 heterocycles. The number of benzene rings is 1. The molecule has 0 aliphatic heterocycles. The summed E-state index contributed by atoms with van der Waals surface area (Å²) in [4.78, 5) is 19.2. The van der Waals surface area contributed by atoms with Crippen LogP contribution in [-0.4, -0.2) is 40.2 Å². The first-order valence-electron chi connectivity index (χ1n) is 6.97. The Bertz CT molecular complexity index is 610. The summed E-state index contributed by atoms with van der Waals surface area (Å²) in [6, 6.07) is 10.0. The second kappa shape index (κ2) is 6.24. The highest BCUT2D eigenvalue weighted by Crippen LogP contribution is 2.30. The van der Waals surface area contributed by atoms with Crippen molar-refractivity contribution in [1.29, 1.82) is 0 Å². The summed E-state index contributed by atoms with van der Waals surface area (Å²) in [6.07, 6.45) is 3.80. The van der Waals surface area contributed by atoms with Crippen LogP contribution in [0.15, 0.2) is 36.5 Å². The van der Waals surface area contributed by atoms with Crippen molar-refractivity contribution in [3.63, 3.8) is 0 Å². The third-order valence-corrected chi connectivity index (χ3v) is 4.33. The summed E-state index contributed by atoms with van der Waals surface area (Å²) in [5.74, 6) is 0. The van der Waals surface area contributed by atoms with Crippen LogP contribution < -0.4 is 5.32 Å². The number of rotatable bonds is 5.